The monoisotopic (exact) mass is 274 g/mol. The van der Waals surface area contributed by atoms with Crippen LogP contribution in [-0.4, -0.2) is 29.7 Å². The van der Waals surface area contributed by atoms with Crippen molar-refractivity contribution in [2.24, 2.45) is 0 Å². The van der Waals surface area contributed by atoms with Gasteiger partial charge in [0.15, 0.2) is 0 Å². The van der Waals surface area contributed by atoms with Crippen molar-refractivity contribution in [3.8, 4) is 0 Å². The fraction of sp³-hybridized carbons (Fsp3) is 0.273. The second-order valence-electron chi connectivity index (χ2n) is 3.14. The van der Waals surface area contributed by atoms with E-state index in [1.807, 2.05) is 18.2 Å². The van der Waals surface area contributed by atoms with Gasteiger partial charge in [-0.3, -0.25) is 4.79 Å². The zero-order valence-electron chi connectivity index (χ0n) is 9.00. The van der Waals surface area contributed by atoms with Crippen LogP contribution in [0, 0.1) is 5.41 Å². The number of H-pyrrole nitrogens is 1. The van der Waals surface area contributed by atoms with Crippen molar-refractivity contribution in [1.82, 2.24) is 4.98 Å². The van der Waals surface area contributed by atoms with Crippen LogP contribution in [0.25, 0.3) is 11.0 Å². The fourth-order valence-electron chi connectivity index (χ4n) is 1.14. The molecular formula is C11H12Cl2N2O2. The topological polar surface area (TPSA) is 65.9 Å². The van der Waals surface area contributed by atoms with Crippen LogP contribution >= 0.6 is 23.2 Å². The number of carbonyl (C=O) groups excluding carboxylic acids is 1. The molecule has 0 unspecified atom stereocenters. The van der Waals surface area contributed by atoms with Gasteiger partial charge < -0.3 is 15.1 Å². The van der Waals surface area contributed by atoms with Crippen molar-refractivity contribution in [3.63, 3.8) is 0 Å². The number of rotatable bonds is 4. The normalized spacial score (nSPS) is 9.76. The van der Waals surface area contributed by atoms with E-state index in [0.717, 1.165) is 22.3 Å². The molecule has 2 rings (SSSR count). The quantitative estimate of drug-likeness (QED) is 0.511. The maximum absolute atomic E-state index is 10.4. The predicted molar refractivity (Wildman–Crippen MR) is 69.6 cm³/mol. The average Bonchev–Trinajstić information content (AvgIpc) is 2.89. The molecule has 2 aromatic rings. The molecule has 0 atom stereocenters. The Hall–Kier alpha value is -1.26. The highest BCUT2D eigenvalue weighted by atomic mass is 35.5. The number of aromatic nitrogens is 1. The maximum Gasteiger partial charge on any atom is 0.311 e. The van der Waals surface area contributed by atoms with Crippen LogP contribution in [0.5, 0.6) is 0 Å². The van der Waals surface area contributed by atoms with Crippen LogP contribution in [0.3, 0.4) is 0 Å². The van der Waals surface area contributed by atoms with Crippen molar-refractivity contribution in [3.05, 3.63) is 23.2 Å². The number of aromatic amines is 1. The second-order valence-corrected chi connectivity index (χ2v) is 3.92. The molecular weight excluding hydrogens is 263 g/mol. The van der Waals surface area contributed by atoms with Gasteiger partial charge in [-0.05, 0) is 18.2 Å². The third kappa shape index (κ3) is 4.63. The number of hydrogen-bond donors (Lipinski definition) is 2. The summed E-state index contributed by atoms with van der Waals surface area (Å²) < 4.78 is 4.51. The maximum atomic E-state index is 10.4. The van der Waals surface area contributed by atoms with Crippen molar-refractivity contribution >= 4 is 46.4 Å². The minimum Gasteiger partial charge on any atom is -0.464 e. The molecule has 0 aromatic carbocycles. The molecule has 0 amide bonds. The van der Waals surface area contributed by atoms with Crippen LogP contribution < -0.4 is 0 Å². The predicted octanol–water partition coefficient (Wildman–Crippen LogP) is 3.07. The number of fused-ring (bicyclic) bond motifs is 2. The number of carbonyl (C=O) groups is 1. The third-order valence-corrected chi connectivity index (χ3v) is 2.32. The second kappa shape index (κ2) is 7.14. The molecule has 0 aliphatic rings. The van der Waals surface area contributed by atoms with Gasteiger partial charge in [0.2, 0.25) is 0 Å². The van der Waals surface area contributed by atoms with Crippen LogP contribution in [0.2, 0.25) is 5.02 Å². The summed E-state index contributed by atoms with van der Waals surface area (Å²) in [6.07, 6.45) is 1.04. The molecule has 2 heterocycles. The average molecular weight is 275 g/mol. The number of alkyl halides is 1. The van der Waals surface area contributed by atoms with Gasteiger partial charge in [0.25, 0.3) is 0 Å². The largest absolute Gasteiger partial charge is 0.464 e. The molecule has 2 N–H and O–H groups in total. The van der Waals surface area contributed by atoms with Gasteiger partial charge in [0, 0.05) is 11.7 Å². The van der Waals surface area contributed by atoms with Crippen molar-refractivity contribution in [2.75, 3.05) is 12.5 Å². The van der Waals surface area contributed by atoms with Gasteiger partial charge in [-0.25, -0.2) is 0 Å². The number of esters is 1. The summed E-state index contributed by atoms with van der Waals surface area (Å²) in [5.41, 5.74) is 2.13. The third-order valence-electron chi connectivity index (χ3n) is 1.86. The first-order valence-corrected chi connectivity index (χ1v) is 5.85. The van der Waals surface area contributed by atoms with E-state index in [-0.39, 0.29) is 13.0 Å². The summed E-state index contributed by atoms with van der Waals surface area (Å²) in [4.78, 5) is 13.4. The van der Waals surface area contributed by atoms with Crippen molar-refractivity contribution in [2.45, 2.75) is 6.42 Å². The molecule has 0 radical (unpaired) electrons. The van der Waals surface area contributed by atoms with Crippen molar-refractivity contribution in [1.29, 1.82) is 5.41 Å². The molecule has 2 bridgehead atoms. The van der Waals surface area contributed by atoms with Gasteiger partial charge in [0.05, 0.1) is 22.8 Å². The lowest BCUT2D eigenvalue weighted by atomic mass is 10.4. The Morgan fingerprint density at radius 1 is 1.53 bits per heavy atom. The van der Waals surface area contributed by atoms with E-state index in [0.29, 0.717) is 5.88 Å². The van der Waals surface area contributed by atoms with Gasteiger partial charge in [-0.15, -0.1) is 11.6 Å². The molecule has 6 heteroatoms. The first kappa shape index (κ1) is 13.8. The van der Waals surface area contributed by atoms with E-state index in [1.54, 1.807) is 0 Å². The van der Waals surface area contributed by atoms with Crippen LogP contribution in [0.1, 0.15) is 6.42 Å². The van der Waals surface area contributed by atoms with E-state index in [2.05, 4.69) is 9.72 Å². The highest BCUT2D eigenvalue weighted by molar-refractivity contribution is 6.34. The standard InChI is InChI=1S/C6H4ClN.C5H8ClNO2/c7-5-3-4-1-2-6(5)8-4;6-2-4-9-5(8)1-3-7/h1-3,8H;3,7H,1-2,4H2. The van der Waals surface area contributed by atoms with Gasteiger partial charge in [-0.1, -0.05) is 11.6 Å². The molecule has 2 aromatic heterocycles. The molecule has 4 nitrogen and oxygen atoms in total. The molecule has 0 aliphatic carbocycles. The summed E-state index contributed by atoms with van der Waals surface area (Å²) in [5.74, 6) is -0.0883. The van der Waals surface area contributed by atoms with Crippen LogP contribution in [0.4, 0.5) is 0 Å². The van der Waals surface area contributed by atoms with E-state index >= 15 is 0 Å². The van der Waals surface area contributed by atoms with Crippen molar-refractivity contribution < 1.29 is 9.53 Å². The Balaban J connectivity index is 0.000000170. The Labute approximate surface area is 109 Å². The number of benzene rings is 1. The summed E-state index contributed by atoms with van der Waals surface area (Å²) >= 11 is 10.9. The molecule has 0 aliphatic heterocycles. The Morgan fingerprint density at radius 2 is 2.29 bits per heavy atom. The van der Waals surface area contributed by atoms with Crippen LogP contribution in [0.15, 0.2) is 18.2 Å². The molecule has 92 valence electrons. The first-order chi connectivity index (χ1) is 8.17. The summed E-state index contributed by atoms with van der Waals surface area (Å²) in [6, 6.07) is 5.88. The van der Waals surface area contributed by atoms with Gasteiger partial charge in [0.1, 0.15) is 6.61 Å². The summed E-state index contributed by atoms with van der Waals surface area (Å²) in [7, 11) is 0. The zero-order chi connectivity index (χ0) is 12.7. The van der Waals surface area contributed by atoms with Crippen LogP contribution in [-0.2, 0) is 9.53 Å². The molecule has 17 heavy (non-hydrogen) atoms. The number of hydrogen-bond acceptors (Lipinski definition) is 3. The highest BCUT2D eigenvalue weighted by Crippen LogP contribution is 2.21. The summed E-state index contributed by atoms with van der Waals surface area (Å²) in [6.45, 7) is 0.230. The minimum atomic E-state index is -0.398. The van der Waals surface area contributed by atoms with Gasteiger partial charge >= 0.3 is 5.97 Å². The summed E-state index contributed by atoms with van der Waals surface area (Å²) in [5, 5.41) is 7.33. The van der Waals surface area contributed by atoms with E-state index < -0.39 is 5.97 Å². The Bertz CT molecular complexity index is 470. The number of nitrogens with one attached hydrogen (secondary N) is 2. The molecule has 0 spiro atoms. The molecule has 0 saturated carbocycles. The number of halogens is 2. The Morgan fingerprint density at radius 3 is 2.65 bits per heavy atom. The Kier molecular flexibility index (Phi) is 5.80. The lowest BCUT2D eigenvalue weighted by Gasteiger charge is -1.96. The minimum absolute atomic E-state index is 0.0386. The fourth-order valence-corrected chi connectivity index (χ4v) is 1.45. The molecule has 0 saturated heterocycles. The molecule has 0 fully saturated rings. The SMILES string of the molecule is Clc1cc2ccc1[nH]2.N=CCC(=O)OCCCl. The first-order valence-electron chi connectivity index (χ1n) is 4.94. The lowest BCUT2D eigenvalue weighted by molar-refractivity contribution is -0.141. The van der Waals surface area contributed by atoms with E-state index in [1.165, 1.54) is 0 Å². The lowest BCUT2D eigenvalue weighted by Crippen LogP contribution is -2.06. The zero-order valence-corrected chi connectivity index (χ0v) is 10.5. The van der Waals surface area contributed by atoms with E-state index in [9.17, 15) is 4.79 Å². The van der Waals surface area contributed by atoms with Gasteiger partial charge in [-0.2, -0.15) is 0 Å². The highest BCUT2D eigenvalue weighted by Gasteiger charge is 1.98. The van der Waals surface area contributed by atoms with E-state index in [4.69, 9.17) is 28.6 Å². The number of ether oxygens (including phenoxy) is 1. The smallest absolute Gasteiger partial charge is 0.311 e.